The van der Waals surface area contributed by atoms with Gasteiger partial charge in [0.25, 0.3) is 5.91 Å². The number of carbonyl (C=O) groups is 1. The zero-order valence-corrected chi connectivity index (χ0v) is 13.4. The highest BCUT2D eigenvalue weighted by molar-refractivity contribution is 6.42. The van der Waals surface area contributed by atoms with Gasteiger partial charge in [0.15, 0.2) is 6.10 Å². The number of nitrogens with one attached hydrogen (secondary N) is 2. The highest BCUT2D eigenvalue weighted by Gasteiger charge is 2.17. The second-order valence-electron chi connectivity index (χ2n) is 4.52. The first-order chi connectivity index (χ1) is 9.45. The van der Waals surface area contributed by atoms with Crippen LogP contribution < -0.4 is 15.4 Å². The highest BCUT2D eigenvalue weighted by Crippen LogP contribution is 2.31. The molecule has 0 bridgehead atoms. The Hall–Kier alpha value is -0.970. The number of carbonyl (C=O) groups excluding carboxylic acids is 1. The third-order valence-electron chi connectivity index (χ3n) is 2.72. The summed E-state index contributed by atoms with van der Waals surface area (Å²) >= 11 is 11.9. The van der Waals surface area contributed by atoms with E-state index in [2.05, 4.69) is 10.6 Å². The fourth-order valence-corrected chi connectivity index (χ4v) is 1.97. The Balaban J connectivity index is 2.51. The number of ether oxygens (including phenoxy) is 1. The summed E-state index contributed by atoms with van der Waals surface area (Å²) in [6.07, 6.45) is -0.639. The maximum Gasteiger partial charge on any atom is 0.260 e. The first-order valence-corrected chi connectivity index (χ1v) is 7.33. The second kappa shape index (κ2) is 8.35. The summed E-state index contributed by atoms with van der Waals surface area (Å²) in [4.78, 5) is 11.9. The average Bonchev–Trinajstić information content (AvgIpc) is 2.41. The summed E-state index contributed by atoms with van der Waals surface area (Å²) in [6.45, 7) is 7.10. The SMILES string of the molecule is CCN[C@H](C)CNC(=O)C(C)Oc1cccc(Cl)c1Cl. The van der Waals surface area contributed by atoms with Crippen LogP contribution in [0.4, 0.5) is 0 Å². The molecule has 1 amide bonds. The third-order valence-corrected chi connectivity index (χ3v) is 3.53. The number of hydrogen-bond donors (Lipinski definition) is 2. The topological polar surface area (TPSA) is 50.4 Å². The maximum absolute atomic E-state index is 11.9. The molecule has 1 rings (SSSR count). The quantitative estimate of drug-likeness (QED) is 0.812. The van der Waals surface area contributed by atoms with Crippen molar-refractivity contribution in [1.29, 1.82) is 0 Å². The Morgan fingerprint density at radius 1 is 1.35 bits per heavy atom. The van der Waals surface area contributed by atoms with Crippen LogP contribution in [0.1, 0.15) is 20.8 Å². The molecule has 0 saturated carbocycles. The molecule has 1 aromatic carbocycles. The Labute approximate surface area is 129 Å². The molecule has 4 nitrogen and oxygen atoms in total. The molecule has 0 heterocycles. The lowest BCUT2D eigenvalue weighted by Crippen LogP contribution is -2.43. The fourth-order valence-electron chi connectivity index (χ4n) is 1.64. The second-order valence-corrected chi connectivity index (χ2v) is 5.30. The van der Waals surface area contributed by atoms with Crippen LogP contribution in [-0.2, 0) is 4.79 Å². The van der Waals surface area contributed by atoms with Gasteiger partial charge in [-0.1, -0.05) is 36.2 Å². The van der Waals surface area contributed by atoms with Gasteiger partial charge in [0.05, 0.1) is 5.02 Å². The van der Waals surface area contributed by atoms with Crippen molar-refractivity contribution in [1.82, 2.24) is 10.6 Å². The lowest BCUT2D eigenvalue weighted by atomic mass is 10.3. The van der Waals surface area contributed by atoms with Crippen molar-refractivity contribution in [3.63, 3.8) is 0 Å². The summed E-state index contributed by atoms with van der Waals surface area (Å²) < 4.78 is 5.53. The molecule has 1 aromatic rings. The van der Waals surface area contributed by atoms with E-state index >= 15 is 0 Å². The molecule has 6 heteroatoms. The Morgan fingerprint density at radius 2 is 2.05 bits per heavy atom. The van der Waals surface area contributed by atoms with Gasteiger partial charge in [-0.05, 0) is 32.5 Å². The molecule has 0 saturated heterocycles. The van der Waals surface area contributed by atoms with Crippen LogP contribution in [0.5, 0.6) is 5.75 Å². The molecule has 0 spiro atoms. The summed E-state index contributed by atoms with van der Waals surface area (Å²) in [5.41, 5.74) is 0. The van der Waals surface area contributed by atoms with Crippen molar-refractivity contribution in [3.05, 3.63) is 28.2 Å². The molecule has 2 N–H and O–H groups in total. The maximum atomic E-state index is 11.9. The minimum absolute atomic E-state index is 0.189. The normalized spacial score (nSPS) is 13.7. The van der Waals surface area contributed by atoms with Gasteiger partial charge in [-0.2, -0.15) is 0 Å². The van der Waals surface area contributed by atoms with Crippen molar-refractivity contribution in [2.45, 2.75) is 32.9 Å². The van der Waals surface area contributed by atoms with Crippen molar-refractivity contribution in [3.8, 4) is 5.75 Å². The van der Waals surface area contributed by atoms with E-state index in [1.54, 1.807) is 25.1 Å². The zero-order chi connectivity index (χ0) is 15.1. The molecule has 0 aliphatic carbocycles. The van der Waals surface area contributed by atoms with Crippen molar-refractivity contribution in [2.24, 2.45) is 0 Å². The first kappa shape index (κ1) is 17.1. The van der Waals surface area contributed by atoms with Crippen molar-refractivity contribution >= 4 is 29.1 Å². The van der Waals surface area contributed by atoms with Crippen LogP contribution in [0.15, 0.2) is 18.2 Å². The van der Waals surface area contributed by atoms with Crippen LogP contribution in [0.3, 0.4) is 0 Å². The monoisotopic (exact) mass is 318 g/mol. The first-order valence-electron chi connectivity index (χ1n) is 6.57. The highest BCUT2D eigenvalue weighted by atomic mass is 35.5. The van der Waals surface area contributed by atoms with Gasteiger partial charge in [-0.15, -0.1) is 0 Å². The van der Waals surface area contributed by atoms with Gasteiger partial charge in [-0.3, -0.25) is 4.79 Å². The Morgan fingerprint density at radius 3 is 2.70 bits per heavy atom. The number of halogens is 2. The Kier molecular flexibility index (Phi) is 7.13. The van der Waals surface area contributed by atoms with Gasteiger partial charge in [0.1, 0.15) is 10.8 Å². The van der Waals surface area contributed by atoms with E-state index in [-0.39, 0.29) is 11.9 Å². The predicted molar refractivity (Wildman–Crippen MR) is 82.7 cm³/mol. The zero-order valence-electron chi connectivity index (χ0n) is 11.9. The summed E-state index contributed by atoms with van der Waals surface area (Å²) in [7, 11) is 0. The van der Waals surface area contributed by atoms with Gasteiger partial charge in [0.2, 0.25) is 0 Å². The number of amides is 1. The van der Waals surface area contributed by atoms with E-state index in [0.717, 1.165) is 6.54 Å². The minimum Gasteiger partial charge on any atom is -0.479 e. The molecular formula is C14H20Cl2N2O2. The van der Waals surface area contributed by atoms with Gasteiger partial charge >= 0.3 is 0 Å². The summed E-state index contributed by atoms with van der Waals surface area (Å²) in [6, 6.07) is 5.28. The lowest BCUT2D eigenvalue weighted by molar-refractivity contribution is -0.127. The number of hydrogen-bond acceptors (Lipinski definition) is 3. The van der Waals surface area contributed by atoms with Crippen LogP contribution >= 0.6 is 23.2 Å². The molecule has 112 valence electrons. The van der Waals surface area contributed by atoms with Gasteiger partial charge < -0.3 is 15.4 Å². The lowest BCUT2D eigenvalue weighted by Gasteiger charge is -2.18. The average molecular weight is 319 g/mol. The van der Waals surface area contributed by atoms with Crippen molar-refractivity contribution < 1.29 is 9.53 Å². The van der Waals surface area contributed by atoms with Gasteiger partial charge in [0, 0.05) is 12.6 Å². The van der Waals surface area contributed by atoms with Crippen molar-refractivity contribution in [2.75, 3.05) is 13.1 Å². The molecule has 20 heavy (non-hydrogen) atoms. The summed E-state index contributed by atoms with van der Waals surface area (Å²) in [5.74, 6) is 0.215. The summed E-state index contributed by atoms with van der Waals surface area (Å²) in [5, 5.41) is 6.75. The molecule has 0 aliphatic heterocycles. The van der Waals surface area contributed by atoms with E-state index < -0.39 is 6.10 Å². The molecule has 0 radical (unpaired) electrons. The Bertz CT molecular complexity index is 455. The molecule has 0 fully saturated rings. The minimum atomic E-state index is -0.639. The molecule has 2 atom stereocenters. The van der Waals surface area contributed by atoms with Crippen LogP contribution in [0, 0.1) is 0 Å². The predicted octanol–water partition coefficient (Wildman–Crippen LogP) is 2.87. The number of benzene rings is 1. The van der Waals surface area contributed by atoms with Crippen LogP contribution in [-0.4, -0.2) is 31.1 Å². The molecule has 0 aliphatic rings. The molecule has 1 unspecified atom stereocenters. The van der Waals surface area contributed by atoms with Crippen LogP contribution in [0.2, 0.25) is 10.0 Å². The third kappa shape index (κ3) is 5.19. The molecular weight excluding hydrogens is 299 g/mol. The van der Waals surface area contributed by atoms with E-state index in [0.29, 0.717) is 22.3 Å². The van der Waals surface area contributed by atoms with E-state index in [9.17, 15) is 4.79 Å². The van der Waals surface area contributed by atoms with E-state index in [1.807, 2.05) is 13.8 Å². The van der Waals surface area contributed by atoms with E-state index in [1.165, 1.54) is 0 Å². The number of likely N-dealkylation sites (N-methyl/N-ethyl adjacent to an activating group) is 1. The number of rotatable bonds is 7. The smallest absolute Gasteiger partial charge is 0.260 e. The van der Waals surface area contributed by atoms with E-state index in [4.69, 9.17) is 27.9 Å². The molecule has 0 aromatic heterocycles. The van der Waals surface area contributed by atoms with Gasteiger partial charge in [-0.25, -0.2) is 0 Å². The standard InChI is InChI=1S/C14H20Cl2N2O2/c1-4-17-9(2)8-18-14(19)10(3)20-12-7-5-6-11(15)13(12)16/h5-7,9-10,17H,4,8H2,1-3H3,(H,18,19)/t9-,10?/m1/s1. The largest absolute Gasteiger partial charge is 0.479 e. The fraction of sp³-hybridized carbons (Fsp3) is 0.500. The van der Waals surface area contributed by atoms with Crippen LogP contribution in [0.25, 0.3) is 0 Å².